The smallest absolute Gasteiger partial charge is 0.319 e. The van der Waals surface area contributed by atoms with E-state index >= 15 is 0 Å². The van der Waals surface area contributed by atoms with E-state index in [1.165, 1.54) is 12.1 Å². The van der Waals surface area contributed by atoms with Gasteiger partial charge in [-0.1, -0.05) is 11.6 Å². The van der Waals surface area contributed by atoms with Crippen LogP contribution in [0.5, 0.6) is 5.75 Å². The van der Waals surface area contributed by atoms with Gasteiger partial charge in [-0.05, 0) is 24.6 Å². The summed E-state index contributed by atoms with van der Waals surface area (Å²) in [6.45, 7) is 0.137. The van der Waals surface area contributed by atoms with Crippen molar-refractivity contribution in [1.29, 1.82) is 0 Å². The standard InChI is InChI=1S/C14H19ClN2O6S/c1-24(21,22)8-7-23-12-5-4-10(15)9-11(12)17-14(20)16-6-2-3-13(18)19/h4-5,9H,2-3,6-8H2,1H3,(H,18,19)(H2,16,17,20). The number of carbonyl (C=O) groups is 2. The predicted molar refractivity (Wildman–Crippen MR) is 90.5 cm³/mol. The lowest BCUT2D eigenvalue weighted by Crippen LogP contribution is -2.30. The number of benzene rings is 1. The van der Waals surface area contributed by atoms with Crippen LogP contribution in [0, 0.1) is 0 Å². The minimum atomic E-state index is -3.16. The van der Waals surface area contributed by atoms with Crippen LogP contribution in [0.2, 0.25) is 5.02 Å². The molecule has 2 amide bonds. The van der Waals surface area contributed by atoms with Gasteiger partial charge >= 0.3 is 12.0 Å². The van der Waals surface area contributed by atoms with Crippen molar-refractivity contribution in [3.63, 3.8) is 0 Å². The van der Waals surface area contributed by atoms with E-state index in [2.05, 4.69) is 10.6 Å². The first kappa shape index (κ1) is 20.0. The number of halogens is 1. The van der Waals surface area contributed by atoms with E-state index in [0.717, 1.165) is 6.26 Å². The van der Waals surface area contributed by atoms with E-state index in [4.69, 9.17) is 21.4 Å². The van der Waals surface area contributed by atoms with Gasteiger partial charge in [0.25, 0.3) is 0 Å². The predicted octanol–water partition coefficient (Wildman–Crippen LogP) is 1.75. The highest BCUT2D eigenvalue weighted by Crippen LogP contribution is 2.28. The maximum absolute atomic E-state index is 11.8. The lowest BCUT2D eigenvalue weighted by molar-refractivity contribution is -0.137. The molecule has 0 unspecified atom stereocenters. The van der Waals surface area contributed by atoms with Crippen molar-refractivity contribution >= 4 is 39.1 Å². The van der Waals surface area contributed by atoms with Crippen LogP contribution in [0.15, 0.2) is 18.2 Å². The van der Waals surface area contributed by atoms with Crippen LogP contribution in [0.25, 0.3) is 0 Å². The third-order valence-corrected chi connectivity index (χ3v) is 3.90. The molecule has 10 heteroatoms. The van der Waals surface area contributed by atoms with Crippen molar-refractivity contribution in [3.8, 4) is 5.75 Å². The number of carboxylic acid groups (broad SMARTS) is 1. The summed E-state index contributed by atoms with van der Waals surface area (Å²) in [6.07, 6.45) is 1.36. The van der Waals surface area contributed by atoms with Gasteiger partial charge in [0.2, 0.25) is 0 Å². The number of rotatable bonds is 9. The van der Waals surface area contributed by atoms with Gasteiger partial charge in [0, 0.05) is 24.2 Å². The largest absolute Gasteiger partial charge is 0.490 e. The first-order chi connectivity index (χ1) is 11.2. The van der Waals surface area contributed by atoms with E-state index in [9.17, 15) is 18.0 Å². The molecular formula is C14H19ClN2O6S. The summed E-state index contributed by atoms with van der Waals surface area (Å²) in [5.74, 6) is -0.812. The molecule has 1 rings (SSSR count). The lowest BCUT2D eigenvalue weighted by atomic mass is 10.3. The van der Waals surface area contributed by atoms with Crippen molar-refractivity contribution in [2.45, 2.75) is 12.8 Å². The van der Waals surface area contributed by atoms with Crippen molar-refractivity contribution in [1.82, 2.24) is 5.32 Å². The van der Waals surface area contributed by atoms with E-state index in [0.29, 0.717) is 11.4 Å². The molecule has 0 heterocycles. The summed E-state index contributed by atoms with van der Waals surface area (Å²) in [5.41, 5.74) is 0.284. The maximum Gasteiger partial charge on any atom is 0.319 e. The molecule has 24 heavy (non-hydrogen) atoms. The summed E-state index contributed by atoms with van der Waals surface area (Å²) in [6, 6.07) is 3.99. The fourth-order valence-electron chi connectivity index (χ4n) is 1.64. The van der Waals surface area contributed by atoms with E-state index < -0.39 is 21.8 Å². The minimum Gasteiger partial charge on any atom is -0.490 e. The van der Waals surface area contributed by atoms with E-state index in [-0.39, 0.29) is 36.8 Å². The van der Waals surface area contributed by atoms with E-state index in [1.807, 2.05) is 0 Å². The molecule has 1 aromatic carbocycles. The summed E-state index contributed by atoms with van der Waals surface area (Å²) < 4.78 is 27.6. The van der Waals surface area contributed by atoms with Crippen LogP contribution in [0.1, 0.15) is 12.8 Å². The second-order valence-corrected chi connectivity index (χ2v) is 7.69. The van der Waals surface area contributed by atoms with Gasteiger partial charge in [-0.3, -0.25) is 4.79 Å². The second kappa shape index (κ2) is 9.33. The Hall–Kier alpha value is -2.00. The molecular weight excluding hydrogens is 360 g/mol. The first-order valence-electron chi connectivity index (χ1n) is 7.04. The Labute approximate surface area is 145 Å². The van der Waals surface area contributed by atoms with Crippen LogP contribution in [-0.4, -0.2) is 50.7 Å². The van der Waals surface area contributed by atoms with Crippen LogP contribution in [-0.2, 0) is 14.6 Å². The molecule has 0 fully saturated rings. The maximum atomic E-state index is 11.8. The first-order valence-corrected chi connectivity index (χ1v) is 9.48. The molecule has 0 atom stereocenters. The van der Waals surface area contributed by atoms with Crippen LogP contribution in [0.3, 0.4) is 0 Å². The van der Waals surface area contributed by atoms with Gasteiger partial charge in [-0.15, -0.1) is 0 Å². The Morgan fingerprint density at radius 2 is 2.04 bits per heavy atom. The Bertz CT molecular complexity index is 693. The molecule has 0 saturated heterocycles. The van der Waals surface area contributed by atoms with Gasteiger partial charge < -0.3 is 20.5 Å². The SMILES string of the molecule is CS(=O)(=O)CCOc1ccc(Cl)cc1NC(=O)NCCCC(=O)O. The van der Waals surface area contributed by atoms with Gasteiger partial charge in [-0.25, -0.2) is 13.2 Å². The number of ether oxygens (including phenoxy) is 1. The number of sulfone groups is 1. The molecule has 8 nitrogen and oxygen atoms in total. The number of carboxylic acids is 1. The third-order valence-electron chi connectivity index (χ3n) is 2.75. The van der Waals surface area contributed by atoms with Crippen molar-refractivity contribution in [2.24, 2.45) is 0 Å². The van der Waals surface area contributed by atoms with Crippen molar-refractivity contribution in [2.75, 3.05) is 30.5 Å². The Kier molecular flexibility index (Phi) is 7.80. The number of hydrogen-bond acceptors (Lipinski definition) is 5. The monoisotopic (exact) mass is 378 g/mol. The fraction of sp³-hybridized carbons (Fsp3) is 0.429. The van der Waals surface area contributed by atoms with Gasteiger partial charge in [0.15, 0.2) is 9.84 Å². The average molecular weight is 379 g/mol. The molecule has 3 N–H and O–H groups in total. The van der Waals surface area contributed by atoms with Crippen molar-refractivity contribution in [3.05, 3.63) is 23.2 Å². The molecule has 0 aliphatic carbocycles. The normalized spacial score (nSPS) is 10.9. The highest BCUT2D eigenvalue weighted by Gasteiger charge is 2.10. The quantitative estimate of drug-likeness (QED) is 0.563. The Morgan fingerprint density at radius 1 is 1.33 bits per heavy atom. The summed E-state index contributed by atoms with van der Waals surface area (Å²) in [4.78, 5) is 22.2. The molecule has 0 spiro atoms. The number of hydrogen-bond donors (Lipinski definition) is 3. The van der Waals surface area contributed by atoms with Crippen molar-refractivity contribution < 1.29 is 27.9 Å². The molecule has 0 aromatic heterocycles. The zero-order valence-electron chi connectivity index (χ0n) is 13.0. The van der Waals surface area contributed by atoms with Gasteiger partial charge in [-0.2, -0.15) is 0 Å². The molecule has 134 valence electrons. The molecule has 0 radical (unpaired) electrons. The molecule has 0 bridgehead atoms. The lowest BCUT2D eigenvalue weighted by Gasteiger charge is -2.13. The highest BCUT2D eigenvalue weighted by atomic mass is 35.5. The number of aliphatic carboxylic acids is 1. The molecule has 0 aliphatic rings. The zero-order valence-corrected chi connectivity index (χ0v) is 14.6. The Morgan fingerprint density at radius 3 is 2.67 bits per heavy atom. The zero-order chi connectivity index (χ0) is 18.2. The Balaban J connectivity index is 2.60. The molecule has 0 aliphatic heterocycles. The number of nitrogens with one attached hydrogen (secondary N) is 2. The minimum absolute atomic E-state index is 0.0443. The third kappa shape index (κ3) is 8.59. The topological polar surface area (TPSA) is 122 Å². The van der Waals surface area contributed by atoms with Gasteiger partial charge in [0.1, 0.15) is 12.4 Å². The van der Waals surface area contributed by atoms with E-state index in [1.54, 1.807) is 6.07 Å². The van der Waals surface area contributed by atoms with Gasteiger partial charge in [0.05, 0.1) is 11.4 Å². The number of amides is 2. The highest BCUT2D eigenvalue weighted by molar-refractivity contribution is 7.90. The number of anilines is 1. The average Bonchev–Trinajstić information content (AvgIpc) is 2.44. The number of urea groups is 1. The summed E-state index contributed by atoms with van der Waals surface area (Å²) in [5, 5.41) is 13.9. The number of carbonyl (C=O) groups excluding carboxylic acids is 1. The van der Waals surface area contributed by atoms with Crippen LogP contribution in [0.4, 0.5) is 10.5 Å². The summed E-state index contributed by atoms with van der Waals surface area (Å²) >= 11 is 5.88. The summed E-state index contributed by atoms with van der Waals surface area (Å²) in [7, 11) is -3.16. The molecule has 1 aromatic rings. The van der Waals surface area contributed by atoms with Crippen LogP contribution < -0.4 is 15.4 Å². The molecule has 0 saturated carbocycles. The fourth-order valence-corrected chi connectivity index (χ4v) is 2.19. The van der Waals surface area contributed by atoms with Crippen LogP contribution >= 0.6 is 11.6 Å². The second-order valence-electron chi connectivity index (χ2n) is 5.00.